The molecule has 0 amide bonds. The maximum absolute atomic E-state index is 12.2. The maximum Gasteiger partial charge on any atom is 0.338 e. The fourth-order valence-electron chi connectivity index (χ4n) is 1.70. The molecule has 0 aliphatic carbocycles. The summed E-state index contributed by atoms with van der Waals surface area (Å²) in [5.74, 6) is 0.0399. The van der Waals surface area contributed by atoms with Gasteiger partial charge in [0.05, 0.1) is 12.2 Å². The molecule has 1 rings (SSSR count). The summed E-state index contributed by atoms with van der Waals surface area (Å²) >= 11 is 0. The lowest BCUT2D eigenvalue weighted by Gasteiger charge is -2.18. The van der Waals surface area contributed by atoms with E-state index in [-0.39, 0.29) is 23.1 Å². The number of carbonyl (C=O) groups is 2. The lowest BCUT2D eigenvalue weighted by atomic mass is 9.89. The second-order valence-electron chi connectivity index (χ2n) is 7.11. The smallest absolute Gasteiger partial charge is 0.338 e. The molecule has 0 aliphatic heterocycles. The first kappa shape index (κ1) is 17.4. The van der Waals surface area contributed by atoms with Gasteiger partial charge in [-0.1, -0.05) is 53.7 Å². The monoisotopic (exact) mass is 290 g/mol. The molecule has 0 spiro atoms. The van der Waals surface area contributed by atoms with Crippen molar-refractivity contribution in [3.05, 3.63) is 35.4 Å². The van der Waals surface area contributed by atoms with Gasteiger partial charge in [0.2, 0.25) is 0 Å². The van der Waals surface area contributed by atoms with E-state index in [0.29, 0.717) is 23.7 Å². The number of esters is 1. The van der Waals surface area contributed by atoms with Gasteiger partial charge in [-0.05, 0) is 23.5 Å². The van der Waals surface area contributed by atoms with E-state index in [1.165, 1.54) is 0 Å². The molecule has 3 nitrogen and oxygen atoms in total. The van der Waals surface area contributed by atoms with Crippen LogP contribution in [-0.4, -0.2) is 18.4 Å². The summed E-state index contributed by atoms with van der Waals surface area (Å²) in [6.07, 6.45) is 0. The van der Waals surface area contributed by atoms with Gasteiger partial charge in [-0.15, -0.1) is 0 Å². The van der Waals surface area contributed by atoms with Crippen molar-refractivity contribution in [1.29, 1.82) is 0 Å². The summed E-state index contributed by atoms with van der Waals surface area (Å²) in [4.78, 5) is 24.1. The Hall–Kier alpha value is -1.64. The highest BCUT2D eigenvalue weighted by molar-refractivity contribution is 5.99. The Kier molecular flexibility index (Phi) is 5.70. The topological polar surface area (TPSA) is 43.4 Å². The SMILES string of the molecule is CC(C)C(C)C(=O)c1ccc(C(=O)OCC(C)(C)C)cc1. The number of rotatable bonds is 5. The van der Waals surface area contributed by atoms with Crippen LogP contribution in [0.15, 0.2) is 24.3 Å². The van der Waals surface area contributed by atoms with Gasteiger partial charge in [0.1, 0.15) is 0 Å². The van der Waals surface area contributed by atoms with Crippen LogP contribution in [0.1, 0.15) is 62.3 Å². The average Bonchev–Trinajstić information content (AvgIpc) is 2.42. The van der Waals surface area contributed by atoms with Gasteiger partial charge >= 0.3 is 5.97 Å². The lowest BCUT2D eigenvalue weighted by Crippen LogP contribution is -2.19. The molecule has 0 aromatic heterocycles. The Morgan fingerprint density at radius 1 is 1.00 bits per heavy atom. The first-order valence-corrected chi connectivity index (χ1v) is 7.43. The van der Waals surface area contributed by atoms with Crippen molar-refractivity contribution in [3.8, 4) is 0 Å². The summed E-state index contributed by atoms with van der Waals surface area (Å²) in [7, 11) is 0. The van der Waals surface area contributed by atoms with E-state index in [4.69, 9.17) is 4.74 Å². The molecule has 0 heterocycles. The third kappa shape index (κ3) is 5.33. The number of ketones is 1. The van der Waals surface area contributed by atoms with Crippen LogP contribution in [-0.2, 0) is 4.74 Å². The van der Waals surface area contributed by atoms with Crippen molar-refractivity contribution < 1.29 is 14.3 Å². The van der Waals surface area contributed by atoms with Crippen LogP contribution in [0.3, 0.4) is 0 Å². The molecule has 0 aliphatic rings. The highest BCUT2D eigenvalue weighted by Gasteiger charge is 2.19. The Balaban J connectivity index is 2.74. The molecular formula is C18H26O3. The fraction of sp³-hybridized carbons (Fsp3) is 0.556. The third-order valence-electron chi connectivity index (χ3n) is 3.45. The third-order valence-corrected chi connectivity index (χ3v) is 3.45. The van der Waals surface area contributed by atoms with E-state index in [2.05, 4.69) is 0 Å². The van der Waals surface area contributed by atoms with E-state index in [0.717, 1.165) is 0 Å². The van der Waals surface area contributed by atoms with E-state index in [1.54, 1.807) is 24.3 Å². The summed E-state index contributed by atoms with van der Waals surface area (Å²) < 4.78 is 5.25. The van der Waals surface area contributed by atoms with E-state index < -0.39 is 0 Å². The van der Waals surface area contributed by atoms with Gasteiger partial charge in [0.15, 0.2) is 5.78 Å². The first-order valence-electron chi connectivity index (χ1n) is 7.43. The Morgan fingerprint density at radius 2 is 1.48 bits per heavy atom. The van der Waals surface area contributed by atoms with Crippen molar-refractivity contribution >= 4 is 11.8 Å². The van der Waals surface area contributed by atoms with E-state index >= 15 is 0 Å². The van der Waals surface area contributed by atoms with Crippen molar-refractivity contribution in [3.63, 3.8) is 0 Å². The van der Waals surface area contributed by atoms with Gasteiger partial charge in [-0.25, -0.2) is 4.79 Å². The molecule has 1 aromatic rings. The molecule has 0 saturated heterocycles. The molecule has 0 bridgehead atoms. The zero-order valence-corrected chi connectivity index (χ0v) is 13.9. The minimum absolute atomic E-state index is 0.0244. The largest absolute Gasteiger partial charge is 0.462 e. The quantitative estimate of drug-likeness (QED) is 0.597. The number of ether oxygens (including phenoxy) is 1. The second-order valence-corrected chi connectivity index (χ2v) is 7.11. The van der Waals surface area contributed by atoms with E-state index in [9.17, 15) is 9.59 Å². The highest BCUT2D eigenvalue weighted by Crippen LogP contribution is 2.18. The molecule has 1 atom stereocenters. The van der Waals surface area contributed by atoms with Gasteiger partial charge in [0, 0.05) is 11.5 Å². The van der Waals surface area contributed by atoms with Gasteiger partial charge < -0.3 is 4.74 Å². The Morgan fingerprint density at radius 3 is 1.90 bits per heavy atom. The summed E-state index contributed by atoms with van der Waals surface area (Å²) in [6, 6.07) is 6.72. The molecule has 116 valence electrons. The van der Waals surface area contributed by atoms with Crippen LogP contribution in [0, 0.1) is 17.3 Å². The van der Waals surface area contributed by atoms with Crippen molar-refractivity contribution in [2.24, 2.45) is 17.3 Å². The molecule has 0 fully saturated rings. The van der Waals surface area contributed by atoms with Gasteiger partial charge in [-0.3, -0.25) is 4.79 Å². The molecule has 3 heteroatoms. The summed E-state index contributed by atoms with van der Waals surface area (Å²) in [5.41, 5.74) is 1.06. The van der Waals surface area contributed by atoms with Crippen LogP contribution in [0.5, 0.6) is 0 Å². The first-order chi connectivity index (χ1) is 9.61. The molecule has 21 heavy (non-hydrogen) atoms. The summed E-state index contributed by atoms with van der Waals surface area (Å²) in [6.45, 7) is 12.4. The minimum atomic E-state index is -0.346. The minimum Gasteiger partial charge on any atom is -0.462 e. The normalized spacial score (nSPS) is 13.1. The Bertz CT molecular complexity index is 492. The van der Waals surface area contributed by atoms with Crippen LogP contribution < -0.4 is 0 Å². The van der Waals surface area contributed by atoms with Gasteiger partial charge in [-0.2, -0.15) is 0 Å². The Labute approximate surface area is 127 Å². The number of hydrogen-bond acceptors (Lipinski definition) is 3. The number of Topliss-reactive ketones (excluding diaryl/α,β-unsaturated/α-hetero) is 1. The lowest BCUT2D eigenvalue weighted by molar-refractivity contribution is 0.0366. The molecule has 1 unspecified atom stereocenters. The predicted molar refractivity (Wildman–Crippen MR) is 84.5 cm³/mol. The second kappa shape index (κ2) is 6.88. The van der Waals surface area contributed by atoms with Crippen LogP contribution in [0.2, 0.25) is 0 Å². The number of hydrogen-bond donors (Lipinski definition) is 0. The van der Waals surface area contributed by atoms with Gasteiger partial charge in [0.25, 0.3) is 0 Å². The van der Waals surface area contributed by atoms with Crippen molar-refractivity contribution in [1.82, 2.24) is 0 Å². The zero-order chi connectivity index (χ0) is 16.2. The van der Waals surface area contributed by atoms with Crippen LogP contribution in [0.4, 0.5) is 0 Å². The molecule has 0 N–H and O–H groups in total. The zero-order valence-electron chi connectivity index (χ0n) is 13.9. The predicted octanol–water partition coefficient (Wildman–Crippen LogP) is 4.36. The van der Waals surface area contributed by atoms with Crippen LogP contribution >= 0.6 is 0 Å². The standard InChI is InChI=1S/C18H26O3/c1-12(2)13(3)16(19)14-7-9-15(10-8-14)17(20)21-11-18(4,5)6/h7-10,12-13H,11H2,1-6H3. The summed E-state index contributed by atoms with van der Waals surface area (Å²) in [5, 5.41) is 0. The number of benzene rings is 1. The maximum atomic E-state index is 12.2. The van der Waals surface area contributed by atoms with Crippen molar-refractivity contribution in [2.45, 2.75) is 41.5 Å². The number of carbonyl (C=O) groups excluding carboxylic acids is 2. The fourth-order valence-corrected chi connectivity index (χ4v) is 1.70. The molecule has 0 saturated carbocycles. The molecule has 1 aromatic carbocycles. The average molecular weight is 290 g/mol. The van der Waals surface area contributed by atoms with Crippen molar-refractivity contribution in [2.75, 3.05) is 6.61 Å². The van der Waals surface area contributed by atoms with Crippen LogP contribution in [0.25, 0.3) is 0 Å². The molecular weight excluding hydrogens is 264 g/mol. The van der Waals surface area contributed by atoms with E-state index in [1.807, 2.05) is 41.5 Å². The molecule has 0 radical (unpaired) electrons. The highest BCUT2D eigenvalue weighted by atomic mass is 16.5.